The van der Waals surface area contributed by atoms with Crippen molar-refractivity contribution in [3.05, 3.63) is 77.2 Å². The van der Waals surface area contributed by atoms with Crippen molar-refractivity contribution in [3.8, 4) is 0 Å². The van der Waals surface area contributed by atoms with Gasteiger partial charge < -0.3 is 9.73 Å². The van der Waals surface area contributed by atoms with Crippen LogP contribution < -0.4 is 15.2 Å². The minimum Gasteiger partial charge on any atom is -0.310 e. The van der Waals surface area contributed by atoms with Gasteiger partial charge in [-0.15, -0.1) is 0 Å². The molecule has 0 spiro atoms. The van der Waals surface area contributed by atoms with E-state index >= 15 is 0 Å². The summed E-state index contributed by atoms with van der Waals surface area (Å²) in [5.41, 5.74) is 8.59. The molecule has 0 bridgehead atoms. The van der Waals surface area contributed by atoms with Crippen molar-refractivity contribution in [2.24, 2.45) is 0 Å². The number of aryl methyl sites for hydroxylation is 1. The fraction of sp³-hybridized carbons (Fsp3) is 0.250. The van der Waals surface area contributed by atoms with Gasteiger partial charge in [0.05, 0.1) is 23.6 Å². The molecule has 1 heterocycles. The van der Waals surface area contributed by atoms with Gasteiger partial charge in [0.2, 0.25) is 0 Å². The molecule has 1 aromatic heterocycles. The summed E-state index contributed by atoms with van der Waals surface area (Å²) in [6, 6.07) is 9.64. The van der Waals surface area contributed by atoms with Crippen LogP contribution >= 0.6 is 23.5 Å². The fourth-order valence-electron chi connectivity index (χ4n) is 2.35. The van der Waals surface area contributed by atoms with Gasteiger partial charge in [-0.1, -0.05) is 31.7 Å². The maximum atomic E-state index is 12.4. The molecule has 4 nitrogen and oxygen atoms in total. The average Bonchev–Trinajstić information content (AvgIpc) is 2.65. The number of hydrogen-bond donors (Lipinski definition) is 2. The summed E-state index contributed by atoms with van der Waals surface area (Å²) >= 11 is 7.88. The van der Waals surface area contributed by atoms with Crippen molar-refractivity contribution in [1.82, 2.24) is 15.8 Å². The van der Waals surface area contributed by atoms with Gasteiger partial charge in [0.25, 0.3) is 6.43 Å². The zero-order valence-electron chi connectivity index (χ0n) is 15.8. The van der Waals surface area contributed by atoms with E-state index in [2.05, 4.69) is 46.3 Å². The fourth-order valence-corrected chi connectivity index (χ4v) is 3.43. The number of aromatic nitrogens is 1. The predicted molar refractivity (Wildman–Crippen MR) is 115 cm³/mol. The minimum absolute atomic E-state index is 0.422. The number of anilines is 1. The Morgan fingerprint density at radius 3 is 2.57 bits per heavy atom. The summed E-state index contributed by atoms with van der Waals surface area (Å²) in [6.07, 6.45) is -1.01. The molecule has 2 N–H and O–H groups in total. The van der Waals surface area contributed by atoms with E-state index in [-0.39, 0.29) is 0 Å². The van der Waals surface area contributed by atoms with Crippen molar-refractivity contribution in [2.45, 2.75) is 26.8 Å². The van der Waals surface area contributed by atoms with Gasteiger partial charge in [0.15, 0.2) is 0 Å². The third kappa shape index (κ3) is 6.42. The van der Waals surface area contributed by atoms with Crippen molar-refractivity contribution in [1.29, 1.82) is 0 Å². The second-order valence-corrected chi connectivity index (χ2v) is 7.75. The normalized spacial score (nSPS) is 10.6. The van der Waals surface area contributed by atoms with Crippen LogP contribution in [0.5, 0.6) is 0 Å². The van der Waals surface area contributed by atoms with E-state index in [4.69, 9.17) is 11.6 Å². The molecule has 1 aromatic carbocycles. The van der Waals surface area contributed by atoms with E-state index in [1.807, 2.05) is 31.2 Å². The lowest BCUT2D eigenvalue weighted by atomic mass is 10.2. The van der Waals surface area contributed by atoms with Gasteiger partial charge in [-0.05, 0) is 54.8 Å². The quantitative estimate of drug-likeness (QED) is 0.386. The highest BCUT2D eigenvalue weighted by molar-refractivity contribution is 8.00. The number of rotatable bonds is 10. The molecule has 0 fully saturated rings. The molecular formula is C20H23ClF2N4S. The summed E-state index contributed by atoms with van der Waals surface area (Å²) in [7, 11) is 0. The first kappa shape index (κ1) is 22.0. The van der Waals surface area contributed by atoms with Crippen LogP contribution in [0.2, 0.25) is 5.02 Å². The van der Waals surface area contributed by atoms with Gasteiger partial charge in [0, 0.05) is 28.2 Å². The number of halogens is 3. The van der Waals surface area contributed by atoms with Crippen LogP contribution in [0.25, 0.3) is 5.70 Å². The molecule has 0 aliphatic heterocycles. The van der Waals surface area contributed by atoms with E-state index in [9.17, 15) is 8.78 Å². The van der Waals surface area contributed by atoms with Crippen LogP contribution in [0, 0.1) is 6.92 Å². The first-order chi connectivity index (χ1) is 13.3. The van der Waals surface area contributed by atoms with Crippen LogP contribution in [0.3, 0.4) is 0 Å². The molecule has 0 unspecified atom stereocenters. The molecule has 2 rings (SSSR count). The number of hydrazine groups is 1. The molecule has 8 heteroatoms. The maximum absolute atomic E-state index is 12.4. The molecule has 0 atom stereocenters. The molecule has 0 amide bonds. The first-order valence-electron chi connectivity index (χ1n) is 8.61. The number of alkyl halides is 2. The van der Waals surface area contributed by atoms with Crippen molar-refractivity contribution in [2.75, 3.05) is 10.1 Å². The minimum atomic E-state index is -2.65. The summed E-state index contributed by atoms with van der Waals surface area (Å²) in [5, 5.41) is 0.695. The predicted octanol–water partition coefficient (Wildman–Crippen LogP) is 5.56. The Morgan fingerprint density at radius 2 is 2.00 bits per heavy atom. The van der Waals surface area contributed by atoms with Crippen LogP contribution in [-0.4, -0.2) is 17.2 Å². The Morgan fingerprint density at radius 1 is 1.25 bits per heavy atom. The Kier molecular flexibility index (Phi) is 8.14. The lowest BCUT2D eigenvalue weighted by molar-refractivity contribution is 0.179. The second kappa shape index (κ2) is 10.3. The molecule has 0 aliphatic rings. The molecule has 0 saturated heterocycles. The zero-order chi connectivity index (χ0) is 20.7. The largest absolute Gasteiger partial charge is 0.310 e. The third-order valence-electron chi connectivity index (χ3n) is 3.72. The van der Waals surface area contributed by atoms with Crippen LogP contribution in [0.15, 0.2) is 55.4 Å². The van der Waals surface area contributed by atoms with E-state index < -0.39 is 12.1 Å². The Hall–Kier alpha value is -2.25. The highest BCUT2D eigenvalue weighted by Gasteiger charge is 2.11. The number of pyridine rings is 1. The number of nitrogens with one attached hydrogen (secondary N) is 2. The molecule has 0 saturated carbocycles. The smallest absolute Gasteiger partial charge is 0.279 e. The molecule has 0 aliphatic carbocycles. The molecule has 0 radical (unpaired) electrons. The Labute approximate surface area is 173 Å². The monoisotopic (exact) mass is 424 g/mol. The Balaban J connectivity index is 2.06. The van der Waals surface area contributed by atoms with Gasteiger partial charge in [-0.25, -0.2) is 8.78 Å². The summed E-state index contributed by atoms with van der Waals surface area (Å²) in [6.45, 7) is 11.7. The molecular weight excluding hydrogens is 402 g/mol. The van der Waals surface area contributed by atoms with Gasteiger partial charge in [0.1, 0.15) is 0 Å². The first-order valence-corrected chi connectivity index (χ1v) is 9.93. The average molecular weight is 425 g/mol. The molecule has 150 valence electrons. The van der Waals surface area contributed by atoms with Gasteiger partial charge in [-0.3, -0.25) is 10.4 Å². The number of hydrogen-bond acceptors (Lipinski definition) is 5. The van der Waals surface area contributed by atoms with Gasteiger partial charge >= 0.3 is 0 Å². The van der Waals surface area contributed by atoms with Gasteiger partial charge in [-0.2, -0.15) is 0 Å². The number of benzene rings is 1. The topological polar surface area (TPSA) is 40.2 Å². The lowest BCUT2D eigenvalue weighted by Crippen LogP contribution is -2.31. The van der Waals surface area contributed by atoms with Crippen molar-refractivity contribution < 1.29 is 8.78 Å². The van der Waals surface area contributed by atoms with E-state index in [1.165, 1.54) is 0 Å². The second-order valence-electron chi connectivity index (χ2n) is 6.03. The number of nitrogens with zero attached hydrogens (tertiary/aromatic N) is 2. The van der Waals surface area contributed by atoms with Crippen molar-refractivity contribution >= 4 is 34.9 Å². The zero-order valence-corrected chi connectivity index (χ0v) is 17.4. The lowest BCUT2D eigenvalue weighted by Gasteiger charge is -2.23. The molecule has 28 heavy (non-hydrogen) atoms. The van der Waals surface area contributed by atoms with Crippen LogP contribution in [0.1, 0.15) is 23.7 Å². The molecule has 2 aromatic rings. The summed E-state index contributed by atoms with van der Waals surface area (Å²) in [4.78, 5) is 4.47. The van der Waals surface area contributed by atoms with E-state index in [1.54, 1.807) is 18.1 Å². The van der Waals surface area contributed by atoms with Crippen molar-refractivity contribution in [3.63, 3.8) is 0 Å². The third-order valence-corrected chi connectivity index (χ3v) is 4.84. The SMILES string of the molecule is C=C(NNC(=C)C(F)F)c1ccc(CN(SCC)c2cc(C)cc(Cl)c2)nc1. The van der Waals surface area contributed by atoms with Crippen LogP contribution in [0.4, 0.5) is 14.5 Å². The number of allylic oxidation sites excluding steroid dienone is 1. The standard InChI is InChI=1S/C20H23ClF2N4S/c1-5-28-27(19-9-13(2)8-17(21)10-19)12-18-7-6-16(11-24-18)14(3)25-26-15(4)20(22)23/h6-11,20,25-26H,3-5,12H2,1-2H3. The van der Waals surface area contributed by atoms with E-state index in [0.717, 1.165) is 22.7 Å². The van der Waals surface area contributed by atoms with Crippen LogP contribution in [-0.2, 0) is 6.54 Å². The highest BCUT2D eigenvalue weighted by Crippen LogP contribution is 2.28. The Bertz CT molecular complexity index is 807. The van der Waals surface area contributed by atoms with E-state index in [0.29, 0.717) is 22.8 Å². The summed E-state index contributed by atoms with van der Waals surface area (Å²) < 4.78 is 27.0. The highest BCUT2D eigenvalue weighted by atomic mass is 35.5. The summed E-state index contributed by atoms with van der Waals surface area (Å²) in [5.74, 6) is 0.907. The maximum Gasteiger partial charge on any atom is 0.279 e.